The zero-order valence-corrected chi connectivity index (χ0v) is 8.99. The molecule has 4 heteroatoms. The van der Waals surface area contributed by atoms with Crippen molar-refractivity contribution in [3.63, 3.8) is 0 Å². The number of nitrogens with one attached hydrogen (secondary N) is 1. The molecule has 0 spiro atoms. The van der Waals surface area contributed by atoms with Gasteiger partial charge < -0.3 is 10.4 Å². The van der Waals surface area contributed by atoms with E-state index in [0.29, 0.717) is 12.1 Å². The van der Waals surface area contributed by atoms with Crippen molar-refractivity contribution in [2.24, 2.45) is 0 Å². The van der Waals surface area contributed by atoms with Crippen LogP contribution < -0.4 is 5.32 Å². The lowest BCUT2D eigenvalue weighted by Gasteiger charge is -2.04. The van der Waals surface area contributed by atoms with Crippen LogP contribution in [0.3, 0.4) is 0 Å². The molecule has 84 valence electrons. The summed E-state index contributed by atoms with van der Waals surface area (Å²) >= 11 is 0. The number of benzene rings is 1. The third kappa shape index (κ3) is 3.24. The van der Waals surface area contributed by atoms with Crippen LogP contribution >= 0.6 is 0 Å². The number of amides is 1. The Morgan fingerprint density at radius 2 is 1.88 bits per heavy atom. The number of carbonyl (C=O) groups is 2. The van der Waals surface area contributed by atoms with E-state index in [4.69, 9.17) is 5.11 Å². The summed E-state index contributed by atoms with van der Waals surface area (Å²) in [7, 11) is 0. The number of hydrogen-bond donors (Lipinski definition) is 2. The van der Waals surface area contributed by atoms with Gasteiger partial charge in [-0.15, -0.1) is 0 Å². The van der Waals surface area contributed by atoms with Crippen molar-refractivity contribution >= 4 is 11.9 Å². The second-order valence-electron chi connectivity index (χ2n) is 3.47. The highest BCUT2D eigenvalue weighted by molar-refractivity contribution is 5.92. The van der Waals surface area contributed by atoms with E-state index in [2.05, 4.69) is 11.9 Å². The van der Waals surface area contributed by atoms with Crippen LogP contribution in [0.4, 0.5) is 0 Å². The maximum Gasteiger partial charge on any atom is 0.335 e. The summed E-state index contributed by atoms with van der Waals surface area (Å²) in [5.41, 5.74) is 1.52. The molecule has 0 fully saturated rings. The molecule has 0 aliphatic heterocycles. The molecule has 0 aromatic heterocycles. The van der Waals surface area contributed by atoms with Gasteiger partial charge in [0.15, 0.2) is 0 Å². The Labute approximate surface area is 93.6 Å². The number of carboxylic acids is 1. The monoisotopic (exact) mass is 219 g/mol. The first-order valence-corrected chi connectivity index (χ1v) is 4.76. The van der Waals surface area contributed by atoms with Crippen LogP contribution in [0.5, 0.6) is 0 Å². The van der Waals surface area contributed by atoms with E-state index in [1.165, 1.54) is 12.1 Å². The zero-order valence-electron chi connectivity index (χ0n) is 8.99. The molecule has 0 unspecified atom stereocenters. The summed E-state index contributed by atoms with van der Waals surface area (Å²) in [5.74, 6) is -1.17. The predicted octanol–water partition coefficient (Wildman–Crippen LogP) is 1.58. The molecule has 0 atom stereocenters. The Morgan fingerprint density at radius 3 is 2.31 bits per heavy atom. The number of hydrogen-bond acceptors (Lipinski definition) is 2. The fourth-order valence-corrected chi connectivity index (χ4v) is 1.10. The molecule has 0 aliphatic carbocycles. The normalized spacial score (nSPS) is 9.56. The zero-order chi connectivity index (χ0) is 12.1. The Balaban J connectivity index is 2.59. The molecule has 0 heterocycles. The summed E-state index contributed by atoms with van der Waals surface area (Å²) in [6, 6.07) is 6.35. The molecule has 0 saturated heterocycles. The van der Waals surface area contributed by atoms with Crippen molar-refractivity contribution in [3.8, 4) is 0 Å². The van der Waals surface area contributed by atoms with Crippen molar-refractivity contribution in [2.45, 2.75) is 13.5 Å². The minimum absolute atomic E-state index is 0.206. The van der Waals surface area contributed by atoms with Crippen molar-refractivity contribution in [1.29, 1.82) is 0 Å². The molecule has 1 rings (SSSR count). The average Bonchev–Trinajstić information content (AvgIpc) is 2.26. The molecule has 16 heavy (non-hydrogen) atoms. The summed E-state index contributed by atoms with van der Waals surface area (Å²) in [6.45, 7) is 5.51. The van der Waals surface area contributed by atoms with E-state index < -0.39 is 5.97 Å². The van der Waals surface area contributed by atoms with Gasteiger partial charge in [0, 0.05) is 12.1 Å². The lowest BCUT2D eigenvalue weighted by Crippen LogP contribution is -2.22. The van der Waals surface area contributed by atoms with Gasteiger partial charge in [-0.2, -0.15) is 0 Å². The van der Waals surface area contributed by atoms with E-state index in [1.54, 1.807) is 19.1 Å². The molecule has 0 bridgehead atoms. The molecule has 0 saturated carbocycles. The van der Waals surface area contributed by atoms with E-state index >= 15 is 0 Å². The lowest BCUT2D eigenvalue weighted by molar-refractivity contribution is -0.117. The van der Waals surface area contributed by atoms with Crippen LogP contribution in [0.1, 0.15) is 22.8 Å². The smallest absolute Gasteiger partial charge is 0.335 e. The first-order chi connectivity index (χ1) is 7.50. The quantitative estimate of drug-likeness (QED) is 0.755. The molecule has 2 N–H and O–H groups in total. The summed E-state index contributed by atoms with van der Waals surface area (Å²) in [6.07, 6.45) is 0. The Hall–Kier alpha value is -2.10. The maximum absolute atomic E-state index is 11.2. The van der Waals surface area contributed by atoms with Gasteiger partial charge in [0.1, 0.15) is 0 Å². The van der Waals surface area contributed by atoms with E-state index in [0.717, 1.165) is 5.56 Å². The lowest BCUT2D eigenvalue weighted by atomic mass is 10.1. The van der Waals surface area contributed by atoms with Gasteiger partial charge in [-0.25, -0.2) is 4.79 Å². The van der Waals surface area contributed by atoms with Crippen LogP contribution in [-0.4, -0.2) is 17.0 Å². The van der Waals surface area contributed by atoms with E-state index in [1.807, 2.05) is 0 Å². The SMILES string of the molecule is C=C(C)C(=O)NCc1ccc(C(=O)O)cc1. The average molecular weight is 219 g/mol. The van der Waals surface area contributed by atoms with Gasteiger partial charge in [0.05, 0.1) is 5.56 Å². The van der Waals surface area contributed by atoms with Crippen LogP contribution in [0.15, 0.2) is 36.4 Å². The van der Waals surface area contributed by atoms with Crippen molar-refractivity contribution < 1.29 is 14.7 Å². The fourth-order valence-electron chi connectivity index (χ4n) is 1.10. The summed E-state index contributed by atoms with van der Waals surface area (Å²) in [5, 5.41) is 11.3. The Bertz CT molecular complexity index is 420. The molecule has 1 aromatic rings. The third-order valence-corrected chi connectivity index (χ3v) is 2.04. The molecule has 1 amide bonds. The molecular weight excluding hydrogens is 206 g/mol. The van der Waals surface area contributed by atoms with Crippen molar-refractivity contribution in [1.82, 2.24) is 5.32 Å². The predicted molar refractivity (Wildman–Crippen MR) is 60.1 cm³/mol. The first-order valence-electron chi connectivity index (χ1n) is 4.76. The highest BCUT2D eigenvalue weighted by atomic mass is 16.4. The molecule has 4 nitrogen and oxygen atoms in total. The minimum Gasteiger partial charge on any atom is -0.478 e. The molecule has 0 radical (unpaired) electrons. The van der Waals surface area contributed by atoms with Crippen LogP contribution in [0.25, 0.3) is 0 Å². The minimum atomic E-state index is -0.961. The van der Waals surface area contributed by atoms with Gasteiger partial charge in [0.2, 0.25) is 5.91 Å². The standard InChI is InChI=1S/C12H13NO3/c1-8(2)11(14)13-7-9-3-5-10(6-4-9)12(15)16/h3-6H,1,7H2,2H3,(H,13,14)(H,15,16). The van der Waals surface area contributed by atoms with Gasteiger partial charge in [0.25, 0.3) is 0 Å². The highest BCUT2D eigenvalue weighted by Gasteiger charge is 2.03. The van der Waals surface area contributed by atoms with Gasteiger partial charge in [-0.1, -0.05) is 18.7 Å². The van der Waals surface area contributed by atoms with Crippen molar-refractivity contribution in [3.05, 3.63) is 47.5 Å². The largest absolute Gasteiger partial charge is 0.478 e. The molecule has 0 aliphatic rings. The number of aromatic carboxylic acids is 1. The third-order valence-electron chi connectivity index (χ3n) is 2.04. The van der Waals surface area contributed by atoms with Gasteiger partial charge in [-0.05, 0) is 24.6 Å². The summed E-state index contributed by atoms with van der Waals surface area (Å²) < 4.78 is 0. The number of carboxylic acid groups (broad SMARTS) is 1. The number of rotatable bonds is 4. The van der Waals surface area contributed by atoms with E-state index in [9.17, 15) is 9.59 Å². The van der Waals surface area contributed by atoms with Crippen LogP contribution in [0, 0.1) is 0 Å². The first kappa shape index (κ1) is 12.0. The number of carbonyl (C=O) groups excluding carboxylic acids is 1. The van der Waals surface area contributed by atoms with Gasteiger partial charge >= 0.3 is 5.97 Å². The second kappa shape index (κ2) is 5.11. The maximum atomic E-state index is 11.2. The van der Waals surface area contributed by atoms with Gasteiger partial charge in [-0.3, -0.25) is 4.79 Å². The second-order valence-corrected chi connectivity index (χ2v) is 3.47. The highest BCUT2D eigenvalue weighted by Crippen LogP contribution is 2.04. The molecule has 1 aromatic carbocycles. The Morgan fingerprint density at radius 1 is 1.31 bits per heavy atom. The van der Waals surface area contributed by atoms with E-state index in [-0.39, 0.29) is 11.5 Å². The molecular formula is C12H13NO3. The van der Waals surface area contributed by atoms with Crippen molar-refractivity contribution in [2.75, 3.05) is 0 Å². The Kier molecular flexibility index (Phi) is 3.83. The van der Waals surface area contributed by atoms with Crippen LogP contribution in [-0.2, 0) is 11.3 Å². The summed E-state index contributed by atoms with van der Waals surface area (Å²) in [4.78, 5) is 21.8. The topological polar surface area (TPSA) is 66.4 Å². The fraction of sp³-hybridized carbons (Fsp3) is 0.167. The van der Waals surface area contributed by atoms with Crippen LogP contribution in [0.2, 0.25) is 0 Å².